The summed E-state index contributed by atoms with van der Waals surface area (Å²) < 4.78 is 0. The molecular weight excluding hydrogens is 185 g/mol. The van der Waals surface area contributed by atoms with Gasteiger partial charge in [-0.2, -0.15) is 0 Å². The quantitative estimate of drug-likeness (QED) is 0.252. The van der Waals surface area contributed by atoms with Crippen molar-refractivity contribution in [1.29, 1.82) is 0 Å². The summed E-state index contributed by atoms with van der Waals surface area (Å²) in [6.45, 7) is 0. The number of rotatable bonds is 1. The Labute approximate surface area is 95.6 Å². The van der Waals surface area contributed by atoms with E-state index in [0.29, 0.717) is 6.08 Å². The first-order valence-corrected chi connectivity index (χ1v) is 3.01. The maximum atomic E-state index is 10.8. The Bertz CT molecular complexity index is 342. The molecule has 0 aromatic carbocycles. The third kappa shape index (κ3) is 2.51. The predicted molar refractivity (Wildman–Crippen MR) is 35.4 cm³/mol. The number of aliphatic carboxylic acids is 1. The molecule has 0 unspecified atom stereocenters. The van der Waals surface area contributed by atoms with Gasteiger partial charge in [0.2, 0.25) is 5.78 Å². The van der Waals surface area contributed by atoms with Crippen molar-refractivity contribution in [2.75, 3.05) is 0 Å². The van der Waals surface area contributed by atoms with Crippen molar-refractivity contribution in [1.82, 2.24) is 0 Å². The number of carbonyl (C=O) groups excluding carboxylic acids is 3. The molecule has 5 nitrogen and oxygen atoms in total. The molecule has 1 rings (SSSR count). The Kier molecular flexibility index (Phi) is 4.06. The van der Waals surface area contributed by atoms with E-state index < -0.39 is 23.1 Å². The van der Waals surface area contributed by atoms with Crippen LogP contribution in [0.5, 0.6) is 0 Å². The molecule has 0 aromatic rings. The molecule has 2 N–H and O–H groups in total. The molecule has 0 aliphatic heterocycles. The van der Waals surface area contributed by atoms with Crippen LogP contribution in [0.4, 0.5) is 0 Å². The van der Waals surface area contributed by atoms with Crippen molar-refractivity contribution in [3.8, 4) is 0 Å². The Morgan fingerprint density at radius 2 is 1.77 bits per heavy atom. The van der Waals surface area contributed by atoms with Gasteiger partial charge in [0, 0.05) is 17.7 Å². The summed E-state index contributed by atoms with van der Waals surface area (Å²) in [5.74, 6) is -3.17. The maximum Gasteiger partial charge on any atom is 1.00 e. The fraction of sp³-hybridized carbons (Fsp3) is 0. The SMILES string of the molecule is NC1=CC(=O)C(C(=O)[O-])=CC1=O.[Na+]. The van der Waals surface area contributed by atoms with Gasteiger partial charge in [-0.05, 0) is 0 Å². The van der Waals surface area contributed by atoms with Crippen LogP contribution < -0.4 is 40.4 Å². The number of carboxylic acid groups (broad SMARTS) is 1. The summed E-state index contributed by atoms with van der Waals surface area (Å²) in [4.78, 5) is 31.7. The van der Waals surface area contributed by atoms with Gasteiger partial charge in [0.05, 0.1) is 11.7 Å². The zero-order valence-corrected chi connectivity index (χ0v) is 8.87. The number of allylic oxidation sites excluding steroid dienone is 2. The number of ketones is 2. The van der Waals surface area contributed by atoms with Gasteiger partial charge in [0.15, 0.2) is 5.78 Å². The number of carboxylic acids is 1. The normalized spacial score (nSPS) is 15.7. The molecule has 0 spiro atoms. The molecule has 13 heavy (non-hydrogen) atoms. The standard InChI is InChI=1S/C7H5NO4.Na/c8-4-2-5(9)3(7(11)12)1-6(4)10;/h1-2H,8H2,(H,11,12);/q;+1/p-1. The van der Waals surface area contributed by atoms with Crippen molar-refractivity contribution in [2.24, 2.45) is 5.73 Å². The Morgan fingerprint density at radius 3 is 2.23 bits per heavy atom. The Hall–Kier alpha value is -0.910. The zero-order valence-electron chi connectivity index (χ0n) is 6.87. The minimum atomic E-state index is -1.67. The molecule has 0 bridgehead atoms. The Balaban J connectivity index is 0.00000144. The molecule has 6 heteroatoms. The van der Waals surface area contributed by atoms with E-state index in [0.717, 1.165) is 6.08 Å². The average Bonchev–Trinajstić information content (AvgIpc) is 1.96. The monoisotopic (exact) mass is 189 g/mol. The van der Waals surface area contributed by atoms with Crippen LogP contribution in [0, 0.1) is 0 Å². The average molecular weight is 189 g/mol. The summed E-state index contributed by atoms with van der Waals surface area (Å²) >= 11 is 0. The van der Waals surface area contributed by atoms with Gasteiger partial charge in [-0.3, -0.25) is 9.59 Å². The largest absolute Gasteiger partial charge is 1.00 e. The van der Waals surface area contributed by atoms with Crippen LogP contribution in [-0.4, -0.2) is 17.5 Å². The van der Waals surface area contributed by atoms with Crippen LogP contribution in [0.1, 0.15) is 0 Å². The van der Waals surface area contributed by atoms with Crippen molar-refractivity contribution < 1.29 is 49.0 Å². The van der Waals surface area contributed by atoms with Crippen LogP contribution >= 0.6 is 0 Å². The smallest absolute Gasteiger partial charge is 0.545 e. The predicted octanol–water partition coefficient (Wildman–Crippen LogP) is -5.34. The number of carbonyl (C=O) groups is 3. The molecule has 1 aliphatic rings. The van der Waals surface area contributed by atoms with Gasteiger partial charge in [0.1, 0.15) is 0 Å². The molecular formula is C7H4NNaO4. The second kappa shape index (κ2) is 4.36. The van der Waals surface area contributed by atoms with E-state index in [2.05, 4.69) is 0 Å². The van der Waals surface area contributed by atoms with E-state index in [1.165, 1.54) is 0 Å². The van der Waals surface area contributed by atoms with Gasteiger partial charge >= 0.3 is 29.6 Å². The van der Waals surface area contributed by atoms with Crippen LogP contribution in [-0.2, 0) is 14.4 Å². The molecule has 0 amide bonds. The van der Waals surface area contributed by atoms with Gasteiger partial charge in [-0.15, -0.1) is 0 Å². The molecule has 0 saturated heterocycles. The first kappa shape index (κ1) is 12.1. The third-order valence-corrected chi connectivity index (χ3v) is 1.33. The molecule has 0 saturated carbocycles. The summed E-state index contributed by atoms with van der Waals surface area (Å²) in [6, 6.07) is 0. The van der Waals surface area contributed by atoms with Gasteiger partial charge in [-0.25, -0.2) is 0 Å². The van der Waals surface area contributed by atoms with E-state index in [1.807, 2.05) is 0 Å². The van der Waals surface area contributed by atoms with Crippen LogP contribution in [0.3, 0.4) is 0 Å². The minimum absolute atomic E-state index is 0. The molecule has 0 radical (unpaired) electrons. The minimum Gasteiger partial charge on any atom is -0.545 e. The second-order valence-corrected chi connectivity index (χ2v) is 2.17. The number of nitrogens with two attached hydrogens (primary N) is 1. The second-order valence-electron chi connectivity index (χ2n) is 2.17. The molecule has 0 aromatic heterocycles. The molecule has 0 atom stereocenters. The maximum absolute atomic E-state index is 10.8. The van der Waals surface area contributed by atoms with E-state index in [9.17, 15) is 19.5 Å². The summed E-state index contributed by atoms with van der Waals surface area (Å²) in [7, 11) is 0. The van der Waals surface area contributed by atoms with Crippen LogP contribution in [0.2, 0.25) is 0 Å². The first-order chi connectivity index (χ1) is 5.52. The van der Waals surface area contributed by atoms with Crippen molar-refractivity contribution in [2.45, 2.75) is 0 Å². The molecule has 62 valence electrons. The van der Waals surface area contributed by atoms with Gasteiger partial charge in [-0.1, -0.05) is 0 Å². The molecule has 1 aliphatic carbocycles. The first-order valence-electron chi connectivity index (χ1n) is 3.01. The van der Waals surface area contributed by atoms with E-state index in [4.69, 9.17) is 5.73 Å². The molecule has 0 fully saturated rings. The van der Waals surface area contributed by atoms with E-state index >= 15 is 0 Å². The van der Waals surface area contributed by atoms with Crippen molar-refractivity contribution in [3.05, 3.63) is 23.4 Å². The summed E-state index contributed by atoms with van der Waals surface area (Å²) in [5.41, 5.74) is 4.15. The summed E-state index contributed by atoms with van der Waals surface area (Å²) in [5, 5.41) is 10.2. The van der Waals surface area contributed by atoms with Gasteiger partial charge in [0.25, 0.3) is 0 Å². The fourth-order valence-electron chi connectivity index (χ4n) is 0.735. The third-order valence-electron chi connectivity index (χ3n) is 1.33. The fourth-order valence-corrected chi connectivity index (χ4v) is 0.735. The van der Waals surface area contributed by atoms with Crippen LogP contribution in [0.15, 0.2) is 23.4 Å². The molecule has 0 heterocycles. The zero-order chi connectivity index (χ0) is 9.30. The Morgan fingerprint density at radius 1 is 1.23 bits per heavy atom. The van der Waals surface area contributed by atoms with Crippen molar-refractivity contribution in [3.63, 3.8) is 0 Å². The number of hydrogen-bond donors (Lipinski definition) is 1. The summed E-state index contributed by atoms with van der Waals surface area (Å²) in [6.07, 6.45) is 1.43. The van der Waals surface area contributed by atoms with Gasteiger partial charge < -0.3 is 15.6 Å². The van der Waals surface area contributed by atoms with E-state index in [1.54, 1.807) is 0 Å². The van der Waals surface area contributed by atoms with Crippen molar-refractivity contribution >= 4 is 17.5 Å². The van der Waals surface area contributed by atoms with E-state index in [-0.39, 0.29) is 35.3 Å². The number of hydrogen-bond acceptors (Lipinski definition) is 5. The topological polar surface area (TPSA) is 100 Å². The van der Waals surface area contributed by atoms with Crippen LogP contribution in [0.25, 0.3) is 0 Å².